The molecule has 0 spiro atoms. The van der Waals surface area contributed by atoms with Gasteiger partial charge in [0.15, 0.2) is 0 Å². The van der Waals surface area contributed by atoms with Gasteiger partial charge < -0.3 is 20.1 Å². The van der Waals surface area contributed by atoms with Crippen LogP contribution in [0.5, 0.6) is 0 Å². The number of benzene rings is 1. The van der Waals surface area contributed by atoms with Gasteiger partial charge in [0.1, 0.15) is 5.01 Å². The molecule has 2 rings (SSSR count). The third-order valence-electron chi connectivity index (χ3n) is 2.92. The molecule has 21 heavy (non-hydrogen) atoms. The van der Waals surface area contributed by atoms with Gasteiger partial charge in [0.05, 0.1) is 36.0 Å². The normalized spacial score (nSPS) is 12.3. The number of hydrogen-bond donors (Lipinski definition) is 2. The van der Waals surface area contributed by atoms with Gasteiger partial charge in [-0.15, -0.1) is 11.3 Å². The fourth-order valence-corrected chi connectivity index (χ4v) is 2.83. The number of amides is 2. The minimum atomic E-state index is -0.687. The molecule has 1 heterocycles. The van der Waals surface area contributed by atoms with Crippen molar-refractivity contribution in [2.45, 2.75) is 12.6 Å². The van der Waals surface area contributed by atoms with Crippen molar-refractivity contribution in [2.75, 3.05) is 27.3 Å². The highest BCUT2D eigenvalue weighted by atomic mass is 32.1. The fraction of sp³-hybridized carbons (Fsp3) is 0.429. The first-order chi connectivity index (χ1) is 10.1. The number of hydrogen-bond acceptors (Lipinski definition) is 5. The quantitative estimate of drug-likeness (QED) is 0.847. The number of nitrogens with zero attached hydrogens (tertiary/aromatic N) is 2. The largest absolute Gasteiger partial charge is 0.389 e. The van der Waals surface area contributed by atoms with Gasteiger partial charge in [0.25, 0.3) is 0 Å². The van der Waals surface area contributed by atoms with Crippen molar-refractivity contribution in [3.63, 3.8) is 0 Å². The highest BCUT2D eigenvalue weighted by molar-refractivity contribution is 7.18. The van der Waals surface area contributed by atoms with Gasteiger partial charge in [-0.05, 0) is 12.1 Å². The zero-order chi connectivity index (χ0) is 15.2. The van der Waals surface area contributed by atoms with Crippen molar-refractivity contribution >= 4 is 27.6 Å². The number of urea groups is 1. The second kappa shape index (κ2) is 7.35. The summed E-state index contributed by atoms with van der Waals surface area (Å²) in [7, 11) is 3.14. The molecule has 0 bridgehead atoms. The molecule has 2 aromatic rings. The molecule has 2 amide bonds. The molecular weight excluding hydrogens is 290 g/mol. The lowest BCUT2D eigenvalue weighted by atomic mass is 10.3. The third kappa shape index (κ3) is 4.38. The number of methoxy groups -OCH3 is 1. The van der Waals surface area contributed by atoms with E-state index in [0.717, 1.165) is 15.2 Å². The van der Waals surface area contributed by atoms with E-state index in [9.17, 15) is 9.90 Å². The minimum absolute atomic E-state index is 0.204. The average Bonchev–Trinajstić information content (AvgIpc) is 2.87. The number of rotatable bonds is 6. The predicted molar refractivity (Wildman–Crippen MR) is 82.4 cm³/mol. The van der Waals surface area contributed by atoms with Crippen LogP contribution in [0.1, 0.15) is 5.01 Å². The minimum Gasteiger partial charge on any atom is -0.389 e. The van der Waals surface area contributed by atoms with Crippen LogP contribution in [0.4, 0.5) is 4.79 Å². The number of aliphatic hydroxyl groups excluding tert-OH is 1. The Labute approximate surface area is 127 Å². The van der Waals surface area contributed by atoms with E-state index >= 15 is 0 Å². The Bertz CT molecular complexity index is 569. The van der Waals surface area contributed by atoms with Crippen LogP contribution in [0.15, 0.2) is 24.3 Å². The van der Waals surface area contributed by atoms with E-state index in [0.29, 0.717) is 6.54 Å². The van der Waals surface area contributed by atoms with Crippen molar-refractivity contribution in [1.29, 1.82) is 0 Å². The monoisotopic (exact) mass is 309 g/mol. The molecule has 7 heteroatoms. The van der Waals surface area contributed by atoms with E-state index in [4.69, 9.17) is 4.74 Å². The first kappa shape index (κ1) is 15.7. The van der Waals surface area contributed by atoms with E-state index in [1.807, 2.05) is 24.3 Å². The first-order valence-electron chi connectivity index (χ1n) is 6.60. The van der Waals surface area contributed by atoms with Crippen LogP contribution in [0, 0.1) is 0 Å². The summed E-state index contributed by atoms with van der Waals surface area (Å²) in [6, 6.07) is 7.61. The molecule has 1 aromatic heterocycles. The highest BCUT2D eigenvalue weighted by Crippen LogP contribution is 2.21. The number of fused-ring (bicyclic) bond motifs is 1. The van der Waals surface area contributed by atoms with Crippen molar-refractivity contribution in [3.8, 4) is 0 Å². The Balaban J connectivity index is 1.85. The molecule has 2 N–H and O–H groups in total. The maximum atomic E-state index is 11.9. The Kier molecular flexibility index (Phi) is 5.49. The van der Waals surface area contributed by atoms with Crippen molar-refractivity contribution in [3.05, 3.63) is 29.3 Å². The number of thiazole rings is 1. The van der Waals surface area contributed by atoms with Gasteiger partial charge in [0, 0.05) is 14.2 Å². The van der Waals surface area contributed by atoms with E-state index in [1.54, 1.807) is 18.4 Å². The lowest BCUT2D eigenvalue weighted by Crippen LogP contribution is -2.42. The highest BCUT2D eigenvalue weighted by Gasteiger charge is 2.13. The third-order valence-corrected chi connectivity index (χ3v) is 3.96. The molecule has 1 atom stereocenters. The molecule has 0 radical (unpaired) electrons. The Morgan fingerprint density at radius 1 is 1.52 bits per heavy atom. The molecule has 0 unspecified atom stereocenters. The van der Waals surface area contributed by atoms with Gasteiger partial charge >= 0.3 is 6.03 Å². The van der Waals surface area contributed by atoms with Crippen LogP contribution in [0.25, 0.3) is 10.2 Å². The van der Waals surface area contributed by atoms with Crippen LogP contribution in [-0.4, -0.2) is 54.4 Å². The predicted octanol–water partition coefficient (Wildman–Crippen LogP) is 1.44. The average molecular weight is 309 g/mol. The van der Waals surface area contributed by atoms with Gasteiger partial charge in [0.2, 0.25) is 0 Å². The zero-order valence-electron chi connectivity index (χ0n) is 12.1. The molecule has 1 aromatic carbocycles. The molecule has 0 fully saturated rings. The van der Waals surface area contributed by atoms with E-state index in [-0.39, 0.29) is 19.2 Å². The van der Waals surface area contributed by atoms with Crippen molar-refractivity contribution in [1.82, 2.24) is 15.2 Å². The smallest absolute Gasteiger partial charge is 0.317 e. The second-order valence-electron chi connectivity index (χ2n) is 4.72. The Morgan fingerprint density at radius 2 is 2.29 bits per heavy atom. The summed E-state index contributed by atoms with van der Waals surface area (Å²) >= 11 is 1.56. The van der Waals surface area contributed by atoms with Crippen LogP contribution in [0.3, 0.4) is 0 Å². The summed E-state index contributed by atoms with van der Waals surface area (Å²) in [5.74, 6) is 0. The number of carbonyl (C=O) groups excluding carboxylic acids is 1. The van der Waals surface area contributed by atoms with Crippen molar-refractivity contribution < 1.29 is 14.6 Å². The topological polar surface area (TPSA) is 74.7 Å². The maximum absolute atomic E-state index is 11.9. The van der Waals surface area contributed by atoms with Crippen LogP contribution >= 0.6 is 11.3 Å². The van der Waals surface area contributed by atoms with Crippen LogP contribution in [0.2, 0.25) is 0 Å². The molecule has 6 nitrogen and oxygen atoms in total. The second-order valence-corrected chi connectivity index (χ2v) is 5.84. The van der Waals surface area contributed by atoms with E-state index < -0.39 is 6.10 Å². The van der Waals surface area contributed by atoms with Gasteiger partial charge in [-0.3, -0.25) is 0 Å². The molecule has 0 saturated heterocycles. The summed E-state index contributed by atoms with van der Waals surface area (Å²) in [5.41, 5.74) is 0.940. The zero-order valence-corrected chi connectivity index (χ0v) is 12.9. The number of ether oxygens (including phenoxy) is 1. The fourth-order valence-electron chi connectivity index (χ4n) is 1.93. The number of aliphatic hydroxyl groups is 1. The van der Waals surface area contributed by atoms with Crippen LogP contribution < -0.4 is 5.32 Å². The number of aromatic nitrogens is 1. The van der Waals surface area contributed by atoms with Gasteiger partial charge in [-0.2, -0.15) is 0 Å². The Hall–Kier alpha value is -1.70. The summed E-state index contributed by atoms with van der Waals surface area (Å²) in [5, 5.41) is 13.2. The number of para-hydroxylation sites is 1. The number of nitrogens with one attached hydrogen (secondary N) is 1. The standard InChI is InChI=1S/C14H19N3O3S/c1-17(8-10(18)9-20-2)14(19)15-7-13-16-11-5-3-4-6-12(11)21-13/h3-6,10,18H,7-9H2,1-2H3,(H,15,19)/t10-/m0/s1. The van der Waals surface area contributed by atoms with E-state index in [1.165, 1.54) is 12.0 Å². The molecule has 0 aliphatic rings. The summed E-state index contributed by atoms with van der Waals surface area (Å²) in [6.07, 6.45) is -0.687. The molecule has 0 aliphatic carbocycles. The number of carbonyl (C=O) groups is 1. The molecular formula is C14H19N3O3S. The molecule has 114 valence electrons. The summed E-state index contributed by atoms with van der Waals surface area (Å²) in [6.45, 7) is 0.803. The summed E-state index contributed by atoms with van der Waals surface area (Å²) in [4.78, 5) is 17.8. The molecule has 0 saturated carbocycles. The van der Waals surface area contributed by atoms with E-state index in [2.05, 4.69) is 10.3 Å². The van der Waals surface area contributed by atoms with Crippen molar-refractivity contribution in [2.24, 2.45) is 0 Å². The SMILES string of the molecule is COC[C@@H](O)CN(C)C(=O)NCc1nc2ccccc2s1. The van der Waals surface area contributed by atoms with Crippen LogP contribution in [-0.2, 0) is 11.3 Å². The van der Waals surface area contributed by atoms with Gasteiger partial charge in [-0.25, -0.2) is 9.78 Å². The maximum Gasteiger partial charge on any atom is 0.317 e. The lowest BCUT2D eigenvalue weighted by molar-refractivity contribution is 0.0489. The first-order valence-corrected chi connectivity index (χ1v) is 7.42. The lowest BCUT2D eigenvalue weighted by Gasteiger charge is -2.20. The van der Waals surface area contributed by atoms with Gasteiger partial charge in [-0.1, -0.05) is 12.1 Å². The summed E-state index contributed by atoms with van der Waals surface area (Å²) < 4.78 is 5.93. The molecule has 0 aliphatic heterocycles. The number of likely N-dealkylation sites (N-methyl/N-ethyl adjacent to an activating group) is 1. The Morgan fingerprint density at radius 3 is 3.00 bits per heavy atom.